The van der Waals surface area contributed by atoms with Crippen molar-refractivity contribution < 1.29 is 17.6 Å². The minimum absolute atomic E-state index is 0.110. The zero-order valence-corrected chi connectivity index (χ0v) is 18.2. The van der Waals surface area contributed by atoms with Crippen LogP contribution in [0.4, 0.5) is 10.1 Å². The molecule has 0 saturated carbocycles. The minimum atomic E-state index is -4.03. The molecule has 2 N–H and O–H groups in total. The van der Waals surface area contributed by atoms with Crippen LogP contribution in [0.2, 0.25) is 0 Å². The summed E-state index contributed by atoms with van der Waals surface area (Å²) in [5.74, 6) is -0.660. The fourth-order valence-electron chi connectivity index (χ4n) is 3.09. The second-order valence-electron chi connectivity index (χ2n) is 7.58. The van der Waals surface area contributed by atoms with E-state index in [0.29, 0.717) is 11.6 Å². The van der Waals surface area contributed by atoms with E-state index in [1.165, 1.54) is 12.1 Å². The molecular weight excluding hydrogens is 415 g/mol. The average molecular weight is 441 g/mol. The summed E-state index contributed by atoms with van der Waals surface area (Å²) in [6.07, 6.45) is 0.164. The number of anilines is 1. The van der Waals surface area contributed by atoms with Gasteiger partial charge < -0.3 is 5.32 Å². The molecule has 162 valence electrons. The summed E-state index contributed by atoms with van der Waals surface area (Å²) in [6.45, 7) is 4.15. The zero-order valence-electron chi connectivity index (χ0n) is 17.4. The summed E-state index contributed by atoms with van der Waals surface area (Å²) in [6, 6.07) is 20.0. The number of halogens is 1. The maximum Gasteiger partial charge on any atom is 0.242 e. The molecule has 3 rings (SSSR count). The predicted octanol–water partition coefficient (Wildman–Crippen LogP) is 4.48. The normalized spacial score (nSPS) is 12.5. The fourth-order valence-corrected chi connectivity index (χ4v) is 4.28. The van der Waals surface area contributed by atoms with E-state index in [2.05, 4.69) is 23.9 Å². The van der Waals surface area contributed by atoms with Gasteiger partial charge in [0.25, 0.3) is 0 Å². The number of hydrogen-bond donors (Lipinski definition) is 2. The average Bonchev–Trinajstić information content (AvgIpc) is 2.74. The molecular formula is C24H25FN2O3S. The summed E-state index contributed by atoms with van der Waals surface area (Å²) in [7, 11) is -4.03. The van der Waals surface area contributed by atoms with Crippen LogP contribution in [0.1, 0.15) is 30.9 Å². The molecule has 0 saturated heterocycles. The van der Waals surface area contributed by atoms with Gasteiger partial charge in [-0.1, -0.05) is 56.3 Å². The molecule has 0 aromatic heterocycles. The van der Waals surface area contributed by atoms with Gasteiger partial charge >= 0.3 is 0 Å². The first-order valence-corrected chi connectivity index (χ1v) is 11.5. The molecule has 1 atom stereocenters. The standard InChI is InChI=1S/C24H25FN2O3S/c1-17(2)19-8-12-21(13-9-19)26-24(28)23(16-18-6-4-3-5-7-18)27-31(29,30)22-14-10-20(25)11-15-22/h3-15,17,23,27H,16H2,1-2H3,(H,26,28)/t23-/m1/s1. The number of carbonyl (C=O) groups is 1. The van der Waals surface area contributed by atoms with Crippen molar-refractivity contribution in [2.24, 2.45) is 0 Å². The van der Waals surface area contributed by atoms with Crippen molar-refractivity contribution in [3.05, 3.63) is 95.8 Å². The van der Waals surface area contributed by atoms with E-state index in [1.54, 1.807) is 12.1 Å². The minimum Gasteiger partial charge on any atom is -0.325 e. The van der Waals surface area contributed by atoms with Gasteiger partial charge in [0.15, 0.2) is 0 Å². The van der Waals surface area contributed by atoms with Crippen molar-refractivity contribution in [2.75, 3.05) is 5.32 Å². The summed E-state index contributed by atoms with van der Waals surface area (Å²) in [5, 5.41) is 2.79. The van der Waals surface area contributed by atoms with Crippen LogP contribution in [0.25, 0.3) is 0 Å². The largest absolute Gasteiger partial charge is 0.325 e. The van der Waals surface area contributed by atoms with E-state index >= 15 is 0 Å². The number of hydrogen-bond acceptors (Lipinski definition) is 3. The number of benzene rings is 3. The lowest BCUT2D eigenvalue weighted by atomic mass is 10.0. The molecule has 5 nitrogen and oxygen atoms in total. The smallest absolute Gasteiger partial charge is 0.242 e. The van der Waals surface area contributed by atoms with Gasteiger partial charge in [-0.3, -0.25) is 4.79 Å². The van der Waals surface area contributed by atoms with Gasteiger partial charge in [0.1, 0.15) is 11.9 Å². The first-order valence-electron chi connectivity index (χ1n) is 9.97. The van der Waals surface area contributed by atoms with Crippen molar-refractivity contribution in [1.29, 1.82) is 0 Å². The molecule has 3 aromatic rings. The third-order valence-corrected chi connectivity index (χ3v) is 6.35. The van der Waals surface area contributed by atoms with Gasteiger partial charge in [0, 0.05) is 5.69 Å². The zero-order chi connectivity index (χ0) is 22.4. The Morgan fingerprint density at radius 2 is 1.52 bits per heavy atom. The summed E-state index contributed by atoms with van der Waals surface area (Å²) in [4.78, 5) is 12.9. The lowest BCUT2D eigenvalue weighted by Gasteiger charge is -2.19. The van der Waals surface area contributed by atoms with E-state index in [9.17, 15) is 17.6 Å². The highest BCUT2D eigenvalue weighted by molar-refractivity contribution is 7.89. The quantitative estimate of drug-likeness (QED) is 0.542. The molecule has 3 aromatic carbocycles. The Morgan fingerprint density at radius 1 is 0.903 bits per heavy atom. The van der Waals surface area contributed by atoms with Crippen LogP contribution in [0.3, 0.4) is 0 Å². The van der Waals surface area contributed by atoms with Crippen LogP contribution < -0.4 is 10.0 Å². The van der Waals surface area contributed by atoms with E-state index in [0.717, 1.165) is 23.3 Å². The summed E-state index contributed by atoms with van der Waals surface area (Å²) >= 11 is 0. The Morgan fingerprint density at radius 3 is 2.10 bits per heavy atom. The number of nitrogens with one attached hydrogen (secondary N) is 2. The Balaban J connectivity index is 1.83. The van der Waals surface area contributed by atoms with Crippen LogP contribution >= 0.6 is 0 Å². The Kier molecular flexibility index (Phi) is 7.20. The molecule has 0 radical (unpaired) electrons. The van der Waals surface area contributed by atoms with Gasteiger partial charge in [-0.2, -0.15) is 4.72 Å². The SMILES string of the molecule is CC(C)c1ccc(NC(=O)[C@@H](Cc2ccccc2)NS(=O)(=O)c2ccc(F)cc2)cc1. The van der Waals surface area contributed by atoms with Gasteiger partial charge in [-0.15, -0.1) is 0 Å². The van der Waals surface area contributed by atoms with Gasteiger partial charge in [-0.25, -0.2) is 12.8 Å². The highest BCUT2D eigenvalue weighted by atomic mass is 32.2. The molecule has 7 heteroatoms. The number of amides is 1. The number of sulfonamides is 1. The van der Waals surface area contributed by atoms with E-state index < -0.39 is 27.8 Å². The molecule has 0 aliphatic carbocycles. The predicted molar refractivity (Wildman–Crippen MR) is 120 cm³/mol. The van der Waals surface area contributed by atoms with Gasteiger partial charge in [0.2, 0.25) is 15.9 Å². The molecule has 31 heavy (non-hydrogen) atoms. The van der Waals surface area contributed by atoms with Crippen molar-refractivity contribution in [2.45, 2.75) is 37.1 Å². The van der Waals surface area contributed by atoms with Crippen LogP contribution in [0, 0.1) is 5.82 Å². The Hall–Kier alpha value is -3.03. The van der Waals surface area contributed by atoms with E-state index in [1.807, 2.05) is 42.5 Å². The summed E-state index contributed by atoms with van der Waals surface area (Å²) in [5.41, 5.74) is 2.52. The molecule has 0 heterocycles. The summed E-state index contributed by atoms with van der Waals surface area (Å²) < 4.78 is 41.3. The van der Waals surface area contributed by atoms with Crippen LogP contribution in [-0.2, 0) is 21.2 Å². The molecule has 0 aliphatic rings. The highest BCUT2D eigenvalue weighted by Crippen LogP contribution is 2.18. The molecule has 0 bridgehead atoms. The molecule has 0 fully saturated rings. The van der Waals surface area contributed by atoms with Crippen molar-refractivity contribution in [3.8, 4) is 0 Å². The first-order chi connectivity index (χ1) is 14.7. The second kappa shape index (κ2) is 9.85. The third-order valence-electron chi connectivity index (χ3n) is 4.87. The molecule has 0 aliphatic heterocycles. The fraction of sp³-hybridized carbons (Fsp3) is 0.208. The van der Waals surface area contributed by atoms with E-state index in [-0.39, 0.29) is 11.3 Å². The van der Waals surface area contributed by atoms with Gasteiger partial charge in [-0.05, 0) is 59.9 Å². The molecule has 0 spiro atoms. The lowest BCUT2D eigenvalue weighted by molar-refractivity contribution is -0.117. The van der Waals surface area contributed by atoms with Crippen molar-refractivity contribution in [1.82, 2.24) is 4.72 Å². The molecule has 1 amide bonds. The van der Waals surface area contributed by atoms with Crippen LogP contribution in [-0.4, -0.2) is 20.4 Å². The topological polar surface area (TPSA) is 75.3 Å². The maximum absolute atomic E-state index is 13.2. The third kappa shape index (κ3) is 6.23. The Labute approximate surface area is 182 Å². The highest BCUT2D eigenvalue weighted by Gasteiger charge is 2.26. The first kappa shape index (κ1) is 22.7. The number of rotatable bonds is 8. The maximum atomic E-state index is 13.2. The van der Waals surface area contributed by atoms with Crippen molar-refractivity contribution in [3.63, 3.8) is 0 Å². The number of carbonyl (C=O) groups excluding carboxylic acids is 1. The van der Waals surface area contributed by atoms with E-state index in [4.69, 9.17) is 0 Å². The second-order valence-corrected chi connectivity index (χ2v) is 9.30. The van der Waals surface area contributed by atoms with Crippen LogP contribution in [0.5, 0.6) is 0 Å². The monoisotopic (exact) mass is 440 g/mol. The van der Waals surface area contributed by atoms with Gasteiger partial charge in [0.05, 0.1) is 4.90 Å². The van der Waals surface area contributed by atoms with Crippen molar-refractivity contribution >= 4 is 21.6 Å². The molecule has 0 unspecified atom stereocenters. The van der Waals surface area contributed by atoms with Crippen LogP contribution in [0.15, 0.2) is 83.8 Å². The lowest BCUT2D eigenvalue weighted by Crippen LogP contribution is -2.45. The Bertz CT molecular complexity index is 1110.